The first-order valence-corrected chi connectivity index (χ1v) is 3.84. The summed E-state index contributed by atoms with van der Waals surface area (Å²) in [5.41, 5.74) is 0. The summed E-state index contributed by atoms with van der Waals surface area (Å²) in [6.45, 7) is 0.551. The standard InChI is InChI=1S/C9H7N3O/c10-6-9-11-3-4-12(9)7-8-2-1-5-13-8/h1-5H,7H2. The van der Waals surface area contributed by atoms with Gasteiger partial charge in [0, 0.05) is 12.4 Å². The molecule has 0 spiro atoms. The van der Waals surface area contributed by atoms with E-state index >= 15 is 0 Å². The molecule has 0 saturated heterocycles. The van der Waals surface area contributed by atoms with Gasteiger partial charge in [-0.2, -0.15) is 5.26 Å². The largest absolute Gasteiger partial charge is 0.467 e. The molecule has 0 aliphatic carbocycles. The van der Waals surface area contributed by atoms with Gasteiger partial charge in [0.25, 0.3) is 0 Å². The summed E-state index contributed by atoms with van der Waals surface area (Å²) in [7, 11) is 0. The van der Waals surface area contributed by atoms with Gasteiger partial charge in [0.1, 0.15) is 11.8 Å². The molecule has 0 saturated carbocycles. The highest BCUT2D eigenvalue weighted by Crippen LogP contribution is 2.05. The molecule has 0 fully saturated rings. The average molecular weight is 173 g/mol. The van der Waals surface area contributed by atoms with E-state index in [9.17, 15) is 0 Å². The zero-order valence-electron chi connectivity index (χ0n) is 6.84. The van der Waals surface area contributed by atoms with Crippen LogP contribution in [0.15, 0.2) is 35.2 Å². The molecule has 0 bridgehead atoms. The van der Waals surface area contributed by atoms with Crippen molar-refractivity contribution in [1.29, 1.82) is 5.26 Å². The summed E-state index contributed by atoms with van der Waals surface area (Å²) in [6.07, 6.45) is 4.96. The van der Waals surface area contributed by atoms with E-state index < -0.39 is 0 Å². The van der Waals surface area contributed by atoms with Gasteiger partial charge in [0.05, 0.1) is 12.8 Å². The second kappa shape index (κ2) is 3.15. The van der Waals surface area contributed by atoms with Gasteiger partial charge < -0.3 is 8.98 Å². The Morgan fingerprint density at radius 2 is 2.54 bits per heavy atom. The molecule has 2 aromatic rings. The van der Waals surface area contributed by atoms with Crippen LogP contribution in [0.3, 0.4) is 0 Å². The van der Waals surface area contributed by atoms with Gasteiger partial charge >= 0.3 is 0 Å². The smallest absolute Gasteiger partial charge is 0.213 e. The number of nitriles is 1. The van der Waals surface area contributed by atoms with Crippen LogP contribution < -0.4 is 0 Å². The van der Waals surface area contributed by atoms with Crippen molar-refractivity contribution in [2.45, 2.75) is 6.54 Å². The summed E-state index contributed by atoms with van der Waals surface area (Å²) in [5, 5.41) is 8.67. The van der Waals surface area contributed by atoms with Crippen LogP contribution in [0.5, 0.6) is 0 Å². The van der Waals surface area contributed by atoms with E-state index in [1.54, 1.807) is 23.2 Å². The average Bonchev–Trinajstić information content (AvgIpc) is 2.76. The Kier molecular flexibility index (Phi) is 1.85. The van der Waals surface area contributed by atoms with Crippen molar-refractivity contribution < 1.29 is 4.42 Å². The minimum absolute atomic E-state index is 0.399. The molecule has 4 heteroatoms. The van der Waals surface area contributed by atoms with Gasteiger partial charge in [-0.1, -0.05) is 0 Å². The molecule has 0 aliphatic rings. The third kappa shape index (κ3) is 1.44. The van der Waals surface area contributed by atoms with Crippen molar-refractivity contribution in [1.82, 2.24) is 9.55 Å². The van der Waals surface area contributed by atoms with E-state index in [4.69, 9.17) is 9.68 Å². The van der Waals surface area contributed by atoms with Gasteiger partial charge in [0.15, 0.2) is 0 Å². The summed E-state index contributed by atoms with van der Waals surface area (Å²) in [5.74, 6) is 1.21. The maximum atomic E-state index is 8.67. The van der Waals surface area contributed by atoms with Gasteiger partial charge in [-0.15, -0.1) is 0 Å². The SMILES string of the molecule is N#Cc1nccn1Cc1ccco1. The van der Waals surface area contributed by atoms with Crippen molar-refractivity contribution in [2.75, 3.05) is 0 Å². The lowest BCUT2D eigenvalue weighted by Crippen LogP contribution is -1.99. The number of hydrogen-bond donors (Lipinski definition) is 0. The minimum Gasteiger partial charge on any atom is -0.467 e. The highest BCUT2D eigenvalue weighted by Gasteiger charge is 2.02. The molecule has 13 heavy (non-hydrogen) atoms. The summed E-state index contributed by atoms with van der Waals surface area (Å²) >= 11 is 0. The third-order valence-electron chi connectivity index (χ3n) is 1.72. The predicted octanol–water partition coefficient (Wildman–Crippen LogP) is 1.40. The van der Waals surface area contributed by atoms with Crippen LogP contribution in [0.25, 0.3) is 0 Å². The Morgan fingerprint density at radius 3 is 3.23 bits per heavy atom. The molecular weight excluding hydrogens is 166 g/mol. The Labute approximate surface area is 75.0 Å². The van der Waals surface area contributed by atoms with Crippen LogP contribution in [-0.4, -0.2) is 9.55 Å². The van der Waals surface area contributed by atoms with Gasteiger partial charge in [-0.25, -0.2) is 4.98 Å². The molecule has 64 valence electrons. The van der Waals surface area contributed by atoms with Gasteiger partial charge in [0.2, 0.25) is 5.82 Å². The van der Waals surface area contributed by atoms with Crippen LogP contribution in [0.2, 0.25) is 0 Å². The summed E-state index contributed by atoms with van der Waals surface area (Å²) in [6, 6.07) is 5.68. The van der Waals surface area contributed by atoms with Crippen molar-refractivity contribution in [3.63, 3.8) is 0 Å². The number of rotatable bonds is 2. The molecule has 0 N–H and O–H groups in total. The molecule has 0 atom stereocenters. The van der Waals surface area contributed by atoms with Crippen molar-refractivity contribution in [3.8, 4) is 6.07 Å². The Balaban J connectivity index is 2.24. The van der Waals surface area contributed by atoms with E-state index in [2.05, 4.69) is 4.98 Å². The lowest BCUT2D eigenvalue weighted by Gasteiger charge is -1.98. The fraction of sp³-hybridized carbons (Fsp3) is 0.111. The van der Waals surface area contributed by atoms with Crippen LogP contribution in [0.1, 0.15) is 11.6 Å². The van der Waals surface area contributed by atoms with Gasteiger partial charge in [-0.05, 0) is 12.1 Å². The van der Waals surface area contributed by atoms with Crippen molar-refractivity contribution in [3.05, 3.63) is 42.4 Å². The first-order chi connectivity index (χ1) is 6.40. The van der Waals surface area contributed by atoms with Gasteiger partial charge in [-0.3, -0.25) is 0 Å². The normalized spacial score (nSPS) is 9.77. The molecular formula is C9H7N3O. The predicted molar refractivity (Wildman–Crippen MR) is 44.8 cm³/mol. The fourth-order valence-electron chi connectivity index (χ4n) is 1.12. The van der Waals surface area contributed by atoms with E-state index in [1.165, 1.54) is 0 Å². The topological polar surface area (TPSA) is 54.8 Å². The number of nitrogens with zero attached hydrogens (tertiary/aromatic N) is 3. The molecule has 0 radical (unpaired) electrons. The number of imidazole rings is 1. The lowest BCUT2D eigenvalue weighted by molar-refractivity contribution is 0.492. The molecule has 0 aromatic carbocycles. The van der Waals surface area contributed by atoms with E-state index in [0.29, 0.717) is 12.4 Å². The molecule has 4 nitrogen and oxygen atoms in total. The summed E-state index contributed by atoms with van der Waals surface area (Å²) in [4.78, 5) is 3.88. The molecule has 2 aromatic heterocycles. The van der Waals surface area contributed by atoms with E-state index in [-0.39, 0.29) is 0 Å². The highest BCUT2D eigenvalue weighted by molar-refractivity contribution is 5.13. The summed E-state index contributed by atoms with van der Waals surface area (Å²) < 4.78 is 6.88. The minimum atomic E-state index is 0.399. The van der Waals surface area contributed by atoms with Crippen molar-refractivity contribution in [2.24, 2.45) is 0 Å². The number of aromatic nitrogens is 2. The zero-order chi connectivity index (χ0) is 9.10. The van der Waals surface area contributed by atoms with E-state index in [0.717, 1.165) is 5.76 Å². The maximum absolute atomic E-state index is 8.67. The van der Waals surface area contributed by atoms with Crippen molar-refractivity contribution >= 4 is 0 Å². The number of hydrogen-bond acceptors (Lipinski definition) is 3. The quantitative estimate of drug-likeness (QED) is 0.689. The van der Waals surface area contributed by atoms with Crippen LogP contribution in [0.4, 0.5) is 0 Å². The highest BCUT2D eigenvalue weighted by atomic mass is 16.3. The number of furan rings is 1. The molecule has 2 rings (SSSR count). The first kappa shape index (κ1) is 7.62. The first-order valence-electron chi connectivity index (χ1n) is 3.84. The van der Waals surface area contributed by atoms with Crippen LogP contribution in [-0.2, 0) is 6.54 Å². The maximum Gasteiger partial charge on any atom is 0.213 e. The molecule has 0 amide bonds. The molecule has 2 heterocycles. The van der Waals surface area contributed by atoms with E-state index in [1.807, 2.05) is 18.2 Å². The Bertz CT molecular complexity index is 422. The monoisotopic (exact) mass is 173 g/mol. The Hall–Kier alpha value is -2.02. The second-order valence-corrected chi connectivity index (χ2v) is 2.57. The lowest BCUT2D eigenvalue weighted by atomic mass is 10.4. The molecule has 0 aliphatic heterocycles. The Morgan fingerprint density at radius 1 is 1.62 bits per heavy atom. The fourth-order valence-corrected chi connectivity index (χ4v) is 1.12. The molecule has 0 unspecified atom stereocenters. The van der Waals surface area contributed by atoms with Crippen LogP contribution >= 0.6 is 0 Å². The third-order valence-corrected chi connectivity index (χ3v) is 1.72. The second-order valence-electron chi connectivity index (χ2n) is 2.57. The zero-order valence-corrected chi connectivity index (χ0v) is 6.84. The van der Waals surface area contributed by atoms with Crippen LogP contribution in [0, 0.1) is 11.3 Å².